The summed E-state index contributed by atoms with van der Waals surface area (Å²) in [4.78, 5) is 25.0. The van der Waals surface area contributed by atoms with Gasteiger partial charge in [-0.2, -0.15) is 0 Å². The molecule has 1 saturated carbocycles. The molecular formula is C17H23N3O2. The summed E-state index contributed by atoms with van der Waals surface area (Å²) in [5.41, 5.74) is 6.74. The number of primary amides is 1. The van der Waals surface area contributed by atoms with Crippen LogP contribution in [0.25, 0.3) is 11.0 Å². The van der Waals surface area contributed by atoms with E-state index < -0.39 is 17.4 Å². The van der Waals surface area contributed by atoms with Crippen LogP contribution in [0.3, 0.4) is 0 Å². The number of carbonyl (C=O) groups is 1. The number of hydrogen-bond donors (Lipinski definition) is 1. The summed E-state index contributed by atoms with van der Waals surface area (Å²) in [5.74, 6) is 0.113. The first-order chi connectivity index (χ1) is 10.3. The minimum atomic E-state index is -0.662. The first-order valence-electron chi connectivity index (χ1n) is 7.80. The van der Waals surface area contributed by atoms with E-state index in [2.05, 4.69) is 0 Å². The molecule has 1 aliphatic rings. The smallest absolute Gasteiger partial charge is 0.329 e. The maximum Gasteiger partial charge on any atom is 0.329 e. The van der Waals surface area contributed by atoms with Gasteiger partial charge in [0.15, 0.2) is 0 Å². The average Bonchev–Trinajstić information content (AvgIpc) is 3.19. The summed E-state index contributed by atoms with van der Waals surface area (Å²) in [7, 11) is 0. The predicted molar refractivity (Wildman–Crippen MR) is 86.6 cm³/mol. The molecule has 1 aromatic heterocycles. The zero-order chi connectivity index (χ0) is 16.1. The number of amides is 1. The van der Waals surface area contributed by atoms with Gasteiger partial charge in [-0.1, -0.05) is 32.9 Å². The van der Waals surface area contributed by atoms with Gasteiger partial charge in [-0.05, 0) is 36.3 Å². The first kappa shape index (κ1) is 14.9. The Kier molecular flexibility index (Phi) is 3.38. The van der Waals surface area contributed by atoms with E-state index in [-0.39, 0.29) is 5.69 Å². The van der Waals surface area contributed by atoms with Gasteiger partial charge in [-0.15, -0.1) is 0 Å². The Balaban J connectivity index is 2.26. The topological polar surface area (TPSA) is 70.0 Å². The molecule has 2 N–H and O–H groups in total. The number of benzene rings is 1. The third kappa shape index (κ3) is 2.45. The monoisotopic (exact) mass is 301 g/mol. The van der Waals surface area contributed by atoms with Crippen LogP contribution in [-0.4, -0.2) is 15.0 Å². The quantitative estimate of drug-likeness (QED) is 0.941. The summed E-state index contributed by atoms with van der Waals surface area (Å²) in [6.45, 7) is 6.52. The van der Waals surface area contributed by atoms with Crippen LogP contribution in [-0.2, 0) is 11.3 Å². The lowest BCUT2D eigenvalue weighted by Crippen LogP contribution is -2.41. The molecule has 5 nitrogen and oxygen atoms in total. The minimum absolute atomic E-state index is 0.133. The second-order valence-electron chi connectivity index (χ2n) is 7.37. The molecule has 1 amide bonds. The van der Waals surface area contributed by atoms with Gasteiger partial charge in [-0.25, -0.2) is 4.79 Å². The molecule has 0 aliphatic heterocycles. The van der Waals surface area contributed by atoms with Crippen LogP contribution in [0.1, 0.15) is 39.7 Å². The standard InChI is InChI=1S/C17H23N3O2/c1-17(2,3)14(15(18)21)20-13-7-5-4-6-12(13)19(16(20)22)10-11-8-9-11/h4-7,11,14H,8-10H2,1-3H3,(H2,18,21)/t14-/m1/s1. The average molecular weight is 301 g/mol. The lowest BCUT2D eigenvalue weighted by Gasteiger charge is -2.28. The molecule has 1 aromatic carbocycles. The van der Waals surface area contributed by atoms with Gasteiger partial charge in [-0.3, -0.25) is 13.9 Å². The van der Waals surface area contributed by atoms with E-state index >= 15 is 0 Å². The Labute approximate surface area is 129 Å². The Bertz CT molecular complexity index is 775. The molecule has 0 unspecified atom stereocenters. The molecule has 22 heavy (non-hydrogen) atoms. The number of hydrogen-bond acceptors (Lipinski definition) is 2. The highest BCUT2D eigenvalue weighted by Crippen LogP contribution is 2.34. The van der Waals surface area contributed by atoms with Crippen LogP contribution < -0.4 is 11.4 Å². The van der Waals surface area contributed by atoms with Crippen molar-refractivity contribution in [2.24, 2.45) is 17.1 Å². The Hall–Kier alpha value is -2.04. The Morgan fingerprint density at radius 3 is 2.36 bits per heavy atom. The zero-order valence-corrected chi connectivity index (χ0v) is 13.4. The van der Waals surface area contributed by atoms with Crippen LogP contribution in [0.2, 0.25) is 0 Å². The molecular weight excluding hydrogens is 278 g/mol. The molecule has 3 rings (SSSR count). The van der Waals surface area contributed by atoms with Crippen molar-refractivity contribution in [1.82, 2.24) is 9.13 Å². The van der Waals surface area contributed by atoms with Crippen LogP contribution >= 0.6 is 0 Å². The summed E-state index contributed by atoms with van der Waals surface area (Å²) < 4.78 is 3.38. The molecule has 1 heterocycles. The van der Waals surface area contributed by atoms with Crippen molar-refractivity contribution in [1.29, 1.82) is 0 Å². The zero-order valence-electron chi connectivity index (χ0n) is 13.4. The second-order valence-corrected chi connectivity index (χ2v) is 7.37. The summed E-state index contributed by atoms with van der Waals surface area (Å²) in [6.07, 6.45) is 2.34. The summed E-state index contributed by atoms with van der Waals surface area (Å²) >= 11 is 0. The number of nitrogens with two attached hydrogens (primary N) is 1. The fraction of sp³-hybridized carbons (Fsp3) is 0.529. The minimum Gasteiger partial charge on any atom is -0.368 e. The van der Waals surface area contributed by atoms with E-state index in [9.17, 15) is 9.59 Å². The number of aromatic nitrogens is 2. The van der Waals surface area contributed by atoms with Crippen molar-refractivity contribution < 1.29 is 4.79 Å². The molecule has 0 bridgehead atoms. The largest absolute Gasteiger partial charge is 0.368 e. The third-order valence-electron chi connectivity index (χ3n) is 4.35. The molecule has 0 radical (unpaired) electrons. The van der Waals surface area contributed by atoms with E-state index in [0.29, 0.717) is 5.92 Å². The van der Waals surface area contributed by atoms with Crippen LogP contribution in [0.15, 0.2) is 29.1 Å². The van der Waals surface area contributed by atoms with Crippen molar-refractivity contribution in [2.45, 2.75) is 46.2 Å². The highest BCUT2D eigenvalue weighted by atomic mass is 16.2. The third-order valence-corrected chi connectivity index (χ3v) is 4.35. The fourth-order valence-corrected chi connectivity index (χ4v) is 3.16. The maximum atomic E-state index is 13.0. The van der Waals surface area contributed by atoms with E-state index in [0.717, 1.165) is 17.6 Å². The molecule has 2 aromatic rings. The lowest BCUT2D eigenvalue weighted by atomic mass is 9.86. The van der Waals surface area contributed by atoms with Gasteiger partial charge in [0.1, 0.15) is 6.04 Å². The van der Waals surface area contributed by atoms with Crippen LogP contribution in [0.5, 0.6) is 0 Å². The van der Waals surface area contributed by atoms with Gasteiger partial charge in [0, 0.05) is 6.54 Å². The van der Waals surface area contributed by atoms with Gasteiger partial charge in [0.2, 0.25) is 5.91 Å². The number of nitrogens with zero attached hydrogens (tertiary/aromatic N) is 2. The number of imidazole rings is 1. The Morgan fingerprint density at radius 1 is 1.27 bits per heavy atom. The van der Waals surface area contributed by atoms with E-state index in [1.807, 2.05) is 45.0 Å². The number of carbonyl (C=O) groups excluding carboxylic acids is 1. The Morgan fingerprint density at radius 2 is 1.86 bits per heavy atom. The normalized spacial score (nSPS) is 16.9. The highest BCUT2D eigenvalue weighted by molar-refractivity contribution is 5.83. The van der Waals surface area contributed by atoms with Crippen LogP contribution in [0.4, 0.5) is 0 Å². The van der Waals surface area contributed by atoms with E-state index in [1.165, 1.54) is 12.8 Å². The number of fused-ring (bicyclic) bond motifs is 1. The first-order valence-corrected chi connectivity index (χ1v) is 7.80. The van der Waals surface area contributed by atoms with E-state index in [1.54, 1.807) is 9.13 Å². The highest BCUT2D eigenvalue weighted by Gasteiger charge is 2.35. The number of rotatable bonds is 4. The van der Waals surface area contributed by atoms with Crippen molar-refractivity contribution >= 4 is 16.9 Å². The summed E-state index contributed by atoms with van der Waals surface area (Å²) in [5, 5.41) is 0. The fourth-order valence-electron chi connectivity index (χ4n) is 3.16. The molecule has 118 valence electrons. The molecule has 0 saturated heterocycles. The van der Waals surface area contributed by atoms with Crippen molar-refractivity contribution in [2.75, 3.05) is 0 Å². The lowest BCUT2D eigenvalue weighted by molar-refractivity contribution is -0.124. The van der Waals surface area contributed by atoms with Gasteiger partial charge >= 0.3 is 5.69 Å². The van der Waals surface area contributed by atoms with Gasteiger partial charge < -0.3 is 5.73 Å². The molecule has 0 spiro atoms. The summed E-state index contributed by atoms with van der Waals surface area (Å²) in [6, 6.07) is 6.98. The van der Waals surface area contributed by atoms with Gasteiger partial charge in [0.25, 0.3) is 0 Å². The van der Waals surface area contributed by atoms with Crippen molar-refractivity contribution in [3.8, 4) is 0 Å². The van der Waals surface area contributed by atoms with Crippen molar-refractivity contribution in [3.05, 3.63) is 34.7 Å². The number of para-hydroxylation sites is 2. The molecule has 5 heteroatoms. The van der Waals surface area contributed by atoms with Gasteiger partial charge in [0.05, 0.1) is 11.0 Å². The molecule has 1 aliphatic carbocycles. The van der Waals surface area contributed by atoms with Crippen LogP contribution in [0, 0.1) is 11.3 Å². The second kappa shape index (κ2) is 5.00. The maximum absolute atomic E-state index is 13.0. The SMILES string of the molecule is CC(C)(C)[C@@H](C(N)=O)n1c(=O)n(CC2CC2)c2ccccc21. The van der Waals surface area contributed by atoms with E-state index in [4.69, 9.17) is 5.73 Å². The van der Waals surface area contributed by atoms with Crippen molar-refractivity contribution in [3.63, 3.8) is 0 Å². The molecule has 1 fully saturated rings. The predicted octanol–water partition coefficient (Wildman–Crippen LogP) is 2.29. The molecule has 1 atom stereocenters.